The van der Waals surface area contributed by atoms with Crippen molar-refractivity contribution in [1.29, 1.82) is 0 Å². The van der Waals surface area contributed by atoms with Gasteiger partial charge >= 0.3 is 5.97 Å². The quantitative estimate of drug-likeness (QED) is 0.342. The summed E-state index contributed by atoms with van der Waals surface area (Å²) >= 11 is 0. The maximum absolute atomic E-state index is 12.4. The normalized spacial score (nSPS) is 11.1. The van der Waals surface area contributed by atoms with Gasteiger partial charge < -0.3 is 14.6 Å². The van der Waals surface area contributed by atoms with Crippen LogP contribution in [0.15, 0.2) is 82.3 Å². The van der Waals surface area contributed by atoms with E-state index in [1.165, 1.54) is 24.4 Å². The van der Waals surface area contributed by atoms with Crippen molar-refractivity contribution >= 4 is 28.9 Å². The first kappa shape index (κ1) is 18.9. The van der Waals surface area contributed by atoms with Crippen molar-refractivity contribution in [3.8, 4) is 17.1 Å². The average Bonchev–Trinajstić information content (AvgIpc) is 3.22. The molecule has 3 aromatic carbocycles. The lowest BCUT2D eigenvalue weighted by Crippen LogP contribution is -2.17. The number of carboxylic acid groups (broad SMARTS) is 1. The van der Waals surface area contributed by atoms with Crippen molar-refractivity contribution in [2.75, 3.05) is 0 Å². The Hall–Kier alpha value is -4.39. The van der Waals surface area contributed by atoms with E-state index in [9.17, 15) is 14.7 Å². The molecule has 0 bridgehead atoms. The van der Waals surface area contributed by atoms with E-state index in [2.05, 4.69) is 10.5 Å². The predicted octanol–water partition coefficient (Wildman–Crippen LogP) is 4.27. The van der Waals surface area contributed by atoms with E-state index < -0.39 is 11.9 Å². The first-order valence-electron chi connectivity index (χ1n) is 9.00. The molecule has 0 aliphatic heterocycles. The van der Waals surface area contributed by atoms with Gasteiger partial charge in [0.05, 0.1) is 17.3 Å². The number of nitrogens with one attached hydrogen (secondary N) is 1. The summed E-state index contributed by atoms with van der Waals surface area (Å²) in [7, 11) is 0. The highest BCUT2D eigenvalue weighted by molar-refractivity contribution is 6.01. The van der Waals surface area contributed by atoms with E-state index in [4.69, 9.17) is 9.52 Å². The van der Waals surface area contributed by atoms with Crippen LogP contribution in [0.5, 0.6) is 5.75 Å². The van der Waals surface area contributed by atoms with Crippen LogP contribution >= 0.6 is 0 Å². The summed E-state index contributed by atoms with van der Waals surface area (Å²) in [6, 6.07) is 20.2. The second-order valence-electron chi connectivity index (χ2n) is 6.50. The number of aromatic carboxylic acids is 1. The van der Waals surface area contributed by atoms with Crippen LogP contribution in [0.2, 0.25) is 0 Å². The summed E-state index contributed by atoms with van der Waals surface area (Å²) in [4.78, 5) is 23.5. The Kier molecular flexibility index (Phi) is 5.00. The molecule has 0 spiro atoms. The van der Waals surface area contributed by atoms with Gasteiger partial charge in [-0.15, -0.1) is 0 Å². The minimum absolute atomic E-state index is 0.108. The molecule has 4 aromatic rings. The highest BCUT2D eigenvalue weighted by Crippen LogP contribution is 2.25. The largest absolute Gasteiger partial charge is 0.507 e. The SMILES string of the molecule is O=C(O)c1cccc(-c2ccc(C=NNC(=O)c3cc4ccccc4cc3O)o2)c1. The standard InChI is InChI=1S/C23H16N2O5/c26-20-12-15-5-2-1-4-14(15)11-19(20)22(27)25-24-13-18-8-9-21(30-18)16-6-3-7-17(10-16)23(28)29/h1-13,26H,(H,25,27)(H,28,29). The molecule has 1 aromatic heterocycles. The van der Waals surface area contributed by atoms with Crippen molar-refractivity contribution in [2.24, 2.45) is 5.10 Å². The highest BCUT2D eigenvalue weighted by Gasteiger charge is 2.12. The molecule has 0 aliphatic carbocycles. The van der Waals surface area contributed by atoms with Gasteiger partial charge in [0.15, 0.2) is 0 Å². The fraction of sp³-hybridized carbons (Fsp3) is 0. The van der Waals surface area contributed by atoms with Crippen LogP contribution < -0.4 is 5.43 Å². The van der Waals surface area contributed by atoms with Gasteiger partial charge in [-0.25, -0.2) is 10.2 Å². The van der Waals surface area contributed by atoms with Gasteiger partial charge in [-0.05, 0) is 47.2 Å². The number of phenolic OH excluding ortho intramolecular Hbond substituents is 1. The van der Waals surface area contributed by atoms with Crippen LogP contribution in [-0.4, -0.2) is 28.3 Å². The van der Waals surface area contributed by atoms with Gasteiger partial charge in [0.25, 0.3) is 5.91 Å². The Balaban J connectivity index is 1.48. The van der Waals surface area contributed by atoms with Crippen LogP contribution in [0, 0.1) is 0 Å². The zero-order valence-electron chi connectivity index (χ0n) is 15.6. The maximum Gasteiger partial charge on any atom is 0.335 e. The minimum Gasteiger partial charge on any atom is -0.507 e. The smallest absolute Gasteiger partial charge is 0.335 e. The average molecular weight is 400 g/mol. The molecule has 0 radical (unpaired) electrons. The molecule has 0 atom stereocenters. The Morgan fingerprint density at radius 1 is 0.933 bits per heavy atom. The van der Waals surface area contributed by atoms with Gasteiger partial charge in [0, 0.05) is 5.56 Å². The summed E-state index contributed by atoms with van der Waals surface area (Å²) in [5.74, 6) is -0.882. The third-order valence-electron chi connectivity index (χ3n) is 4.49. The molecule has 0 saturated heterocycles. The molecule has 4 rings (SSSR count). The molecule has 1 amide bonds. The number of carbonyl (C=O) groups excluding carboxylic acids is 1. The number of fused-ring (bicyclic) bond motifs is 1. The molecule has 30 heavy (non-hydrogen) atoms. The first-order valence-corrected chi connectivity index (χ1v) is 9.00. The highest BCUT2D eigenvalue weighted by atomic mass is 16.4. The van der Waals surface area contributed by atoms with E-state index in [0.717, 1.165) is 10.8 Å². The topological polar surface area (TPSA) is 112 Å². The molecule has 0 unspecified atom stereocenters. The molecule has 7 heteroatoms. The van der Waals surface area contributed by atoms with Crippen molar-refractivity contribution in [3.05, 3.63) is 89.7 Å². The molecule has 7 nitrogen and oxygen atoms in total. The maximum atomic E-state index is 12.4. The monoisotopic (exact) mass is 400 g/mol. The Labute approximate surface area is 170 Å². The number of carboxylic acids is 1. The van der Waals surface area contributed by atoms with Crippen molar-refractivity contribution in [2.45, 2.75) is 0 Å². The third kappa shape index (κ3) is 3.90. The Morgan fingerprint density at radius 2 is 1.70 bits per heavy atom. The Bertz CT molecular complexity index is 1290. The third-order valence-corrected chi connectivity index (χ3v) is 4.49. The molecule has 0 fully saturated rings. The molecular weight excluding hydrogens is 384 g/mol. The number of hydrogen-bond donors (Lipinski definition) is 3. The van der Waals surface area contributed by atoms with E-state index in [1.54, 1.807) is 30.3 Å². The summed E-state index contributed by atoms with van der Waals surface area (Å²) in [6.45, 7) is 0. The molecule has 148 valence electrons. The number of amides is 1. The lowest BCUT2D eigenvalue weighted by molar-refractivity contribution is 0.0696. The van der Waals surface area contributed by atoms with Crippen LogP contribution in [0.1, 0.15) is 26.5 Å². The van der Waals surface area contributed by atoms with Gasteiger partial charge in [0.1, 0.15) is 17.3 Å². The predicted molar refractivity (Wildman–Crippen MR) is 112 cm³/mol. The number of carbonyl (C=O) groups is 2. The zero-order chi connectivity index (χ0) is 21.1. The minimum atomic E-state index is -1.02. The zero-order valence-corrected chi connectivity index (χ0v) is 15.6. The van der Waals surface area contributed by atoms with Crippen molar-refractivity contribution in [3.63, 3.8) is 0 Å². The van der Waals surface area contributed by atoms with E-state index in [0.29, 0.717) is 17.1 Å². The number of furan rings is 1. The van der Waals surface area contributed by atoms with E-state index >= 15 is 0 Å². The molecular formula is C23H16N2O5. The van der Waals surface area contributed by atoms with Crippen LogP contribution in [-0.2, 0) is 0 Å². The van der Waals surface area contributed by atoms with Gasteiger partial charge in [0.2, 0.25) is 0 Å². The summed E-state index contributed by atoms with van der Waals surface area (Å²) in [5.41, 5.74) is 3.23. The van der Waals surface area contributed by atoms with Gasteiger partial charge in [-0.2, -0.15) is 5.10 Å². The van der Waals surface area contributed by atoms with E-state index in [-0.39, 0.29) is 16.9 Å². The second-order valence-corrected chi connectivity index (χ2v) is 6.50. The lowest BCUT2D eigenvalue weighted by atomic mass is 10.1. The molecule has 3 N–H and O–H groups in total. The number of benzene rings is 3. The lowest BCUT2D eigenvalue weighted by Gasteiger charge is -2.05. The van der Waals surface area contributed by atoms with Crippen LogP contribution in [0.25, 0.3) is 22.1 Å². The number of aromatic hydroxyl groups is 1. The fourth-order valence-corrected chi connectivity index (χ4v) is 3.01. The fourth-order valence-electron chi connectivity index (χ4n) is 3.01. The van der Waals surface area contributed by atoms with Gasteiger partial charge in [-0.1, -0.05) is 36.4 Å². The number of hydrogen-bond acceptors (Lipinski definition) is 5. The first-order chi connectivity index (χ1) is 14.5. The second kappa shape index (κ2) is 7.92. The number of rotatable bonds is 5. The number of hydrazone groups is 1. The summed E-state index contributed by atoms with van der Waals surface area (Å²) < 4.78 is 5.63. The van der Waals surface area contributed by atoms with E-state index in [1.807, 2.05) is 24.3 Å². The summed E-state index contributed by atoms with van der Waals surface area (Å²) in [5, 5.41) is 24.7. The van der Waals surface area contributed by atoms with Crippen LogP contribution in [0.3, 0.4) is 0 Å². The molecule has 0 saturated carbocycles. The summed E-state index contributed by atoms with van der Waals surface area (Å²) in [6.07, 6.45) is 1.32. The van der Waals surface area contributed by atoms with Gasteiger partial charge in [-0.3, -0.25) is 4.79 Å². The van der Waals surface area contributed by atoms with Crippen molar-refractivity contribution < 1.29 is 24.2 Å². The molecule has 0 aliphatic rings. The number of nitrogens with zero attached hydrogens (tertiary/aromatic N) is 1. The van der Waals surface area contributed by atoms with Crippen LogP contribution in [0.4, 0.5) is 0 Å². The van der Waals surface area contributed by atoms with Crippen molar-refractivity contribution in [1.82, 2.24) is 5.43 Å². The Morgan fingerprint density at radius 3 is 2.47 bits per heavy atom. The molecule has 1 heterocycles. The number of phenols is 1.